The largest absolute Gasteiger partial charge is 0.337 e. The molecule has 0 bridgehead atoms. The zero-order chi connectivity index (χ0) is 11.5. The lowest BCUT2D eigenvalue weighted by Gasteiger charge is -2.01. The van der Waals surface area contributed by atoms with E-state index in [4.69, 9.17) is 4.52 Å². The molecule has 16 heavy (non-hydrogen) atoms. The van der Waals surface area contributed by atoms with E-state index in [-0.39, 0.29) is 0 Å². The summed E-state index contributed by atoms with van der Waals surface area (Å²) >= 11 is 0. The van der Waals surface area contributed by atoms with E-state index in [0.717, 1.165) is 18.5 Å². The van der Waals surface area contributed by atoms with Crippen LogP contribution in [-0.2, 0) is 19.4 Å². The van der Waals surface area contributed by atoms with Crippen LogP contribution in [0, 0.1) is 6.92 Å². The molecule has 2 aromatic rings. The minimum atomic E-state index is 0.560. The van der Waals surface area contributed by atoms with Crippen LogP contribution in [0.3, 0.4) is 0 Å². The van der Waals surface area contributed by atoms with Gasteiger partial charge in [0.2, 0.25) is 5.89 Å². The number of hydrogen-bond acceptors (Lipinski definition) is 4. The maximum absolute atomic E-state index is 5.09. The van der Waals surface area contributed by atoms with E-state index in [1.54, 1.807) is 0 Å². The van der Waals surface area contributed by atoms with Crippen LogP contribution in [0.25, 0.3) is 0 Å². The van der Waals surface area contributed by atoms with Gasteiger partial charge >= 0.3 is 0 Å². The Kier molecular flexibility index (Phi) is 3.03. The van der Waals surface area contributed by atoms with Crippen molar-refractivity contribution in [2.75, 3.05) is 0 Å². The summed E-state index contributed by atoms with van der Waals surface area (Å²) in [5.74, 6) is 1.27. The molecular formula is C11H16N4O. The molecule has 0 saturated heterocycles. The van der Waals surface area contributed by atoms with Gasteiger partial charge < -0.3 is 4.52 Å². The molecule has 0 spiro atoms. The molecule has 5 heteroatoms. The lowest BCUT2D eigenvalue weighted by Crippen LogP contribution is -2.06. The lowest BCUT2D eigenvalue weighted by atomic mass is 10.3. The van der Waals surface area contributed by atoms with Crippen molar-refractivity contribution in [2.24, 2.45) is 0 Å². The average molecular weight is 220 g/mol. The van der Waals surface area contributed by atoms with Crippen molar-refractivity contribution < 1.29 is 4.52 Å². The number of nitrogens with zero attached hydrogens (tertiary/aromatic N) is 4. The fourth-order valence-electron chi connectivity index (χ4n) is 1.64. The van der Waals surface area contributed by atoms with Gasteiger partial charge in [0, 0.05) is 5.69 Å². The van der Waals surface area contributed by atoms with Crippen LogP contribution in [0.1, 0.15) is 37.0 Å². The van der Waals surface area contributed by atoms with Gasteiger partial charge in [0.15, 0.2) is 5.82 Å². The minimum Gasteiger partial charge on any atom is -0.337 e. The zero-order valence-electron chi connectivity index (χ0n) is 9.90. The van der Waals surface area contributed by atoms with Gasteiger partial charge in [-0.2, -0.15) is 10.1 Å². The third kappa shape index (κ3) is 2.13. The van der Waals surface area contributed by atoms with Crippen LogP contribution in [0.15, 0.2) is 10.6 Å². The van der Waals surface area contributed by atoms with Gasteiger partial charge in [0.25, 0.3) is 0 Å². The Morgan fingerprint density at radius 3 is 2.69 bits per heavy atom. The van der Waals surface area contributed by atoms with Crippen LogP contribution in [0.2, 0.25) is 0 Å². The first kappa shape index (κ1) is 10.9. The summed E-state index contributed by atoms with van der Waals surface area (Å²) in [6, 6.07) is 2.13. The van der Waals surface area contributed by atoms with Gasteiger partial charge in [0.1, 0.15) is 6.54 Å². The summed E-state index contributed by atoms with van der Waals surface area (Å²) in [5, 5.41) is 8.26. The molecule has 0 radical (unpaired) electrons. The molecule has 0 amide bonds. The molecule has 0 unspecified atom stereocenters. The molecule has 0 saturated carbocycles. The Morgan fingerprint density at radius 1 is 1.31 bits per heavy atom. The highest BCUT2D eigenvalue weighted by molar-refractivity contribution is 5.11. The topological polar surface area (TPSA) is 56.7 Å². The lowest BCUT2D eigenvalue weighted by molar-refractivity contribution is 0.360. The molecule has 0 fully saturated rings. The second-order valence-electron chi connectivity index (χ2n) is 3.73. The maximum Gasteiger partial charge on any atom is 0.248 e. The van der Waals surface area contributed by atoms with Crippen molar-refractivity contribution in [2.45, 2.75) is 40.2 Å². The van der Waals surface area contributed by atoms with Crippen LogP contribution in [0.5, 0.6) is 0 Å². The van der Waals surface area contributed by atoms with Crippen molar-refractivity contribution in [3.8, 4) is 0 Å². The number of aromatic nitrogens is 4. The highest BCUT2D eigenvalue weighted by Crippen LogP contribution is 2.08. The van der Waals surface area contributed by atoms with Gasteiger partial charge in [-0.25, -0.2) is 0 Å². The highest BCUT2D eigenvalue weighted by atomic mass is 16.5. The summed E-state index contributed by atoms with van der Waals surface area (Å²) in [6.07, 6.45) is 1.91. The molecule has 0 aromatic carbocycles. The fourth-order valence-corrected chi connectivity index (χ4v) is 1.64. The van der Waals surface area contributed by atoms with E-state index in [0.29, 0.717) is 18.3 Å². The molecule has 0 aliphatic carbocycles. The first-order chi connectivity index (χ1) is 7.72. The van der Waals surface area contributed by atoms with Crippen LogP contribution in [0.4, 0.5) is 0 Å². The number of rotatable bonds is 4. The van der Waals surface area contributed by atoms with Crippen molar-refractivity contribution in [1.82, 2.24) is 19.9 Å². The molecule has 2 rings (SSSR count). The van der Waals surface area contributed by atoms with Crippen molar-refractivity contribution in [1.29, 1.82) is 0 Å². The third-order valence-electron chi connectivity index (χ3n) is 2.49. The van der Waals surface area contributed by atoms with E-state index in [9.17, 15) is 0 Å². The summed E-state index contributed by atoms with van der Waals surface area (Å²) in [7, 11) is 0. The molecule has 5 nitrogen and oxygen atoms in total. The molecule has 2 aromatic heterocycles. The molecule has 0 aliphatic heterocycles. The minimum absolute atomic E-state index is 0.560. The molecular weight excluding hydrogens is 204 g/mol. The van der Waals surface area contributed by atoms with Crippen molar-refractivity contribution in [3.63, 3.8) is 0 Å². The van der Waals surface area contributed by atoms with E-state index in [2.05, 4.69) is 35.2 Å². The quantitative estimate of drug-likeness (QED) is 0.787. The summed E-state index contributed by atoms with van der Waals surface area (Å²) < 4.78 is 7.02. The first-order valence-electron chi connectivity index (χ1n) is 5.57. The summed E-state index contributed by atoms with van der Waals surface area (Å²) in [5.41, 5.74) is 2.31. The molecule has 86 valence electrons. The Bertz CT molecular complexity index is 472. The second-order valence-corrected chi connectivity index (χ2v) is 3.73. The zero-order valence-corrected chi connectivity index (χ0v) is 9.90. The predicted octanol–water partition coefficient (Wildman–Crippen LogP) is 1.75. The van der Waals surface area contributed by atoms with Crippen molar-refractivity contribution >= 4 is 0 Å². The third-order valence-corrected chi connectivity index (χ3v) is 2.49. The normalized spacial score (nSPS) is 10.9. The highest BCUT2D eigenvalue weighted by Gasteiger charge is 2.09. The monoisotopic (exact) mass is 220 g/mol. The summed E-state index contributed by atoms with van der Waals surface area (Å²) in [6.45, 7) is 6.59. The van der Waals surface area contributed by atoms with Crippen molar-refractivity contribution in [3.05, 3.63) is 29.2 Å². The summed E-state index contributed by atoms with van der Waals surface area (Å²) in [4.78, 5) is 4.18. The number of aryl methyl sites for hydroxylation is 3. The van der Waals surface area contributed by atoms with Gasteiger partial charge in [-0.05, 0) is 25.8 Å². The molecule has 0 atom stereocenters. The van der Waals surface area contributed by atoms with E-state index in [1.807, 2.05) is 11.6 Å². The molecule has 0 N–H and O–H groups in total. The fraction of sp³-hybridized carbons (Fsp3) is 0.545. The Morgan fingerprint density at radius 2 is 2.12 bits per heavy atom. The maximum atomic E-state index is 5.09. The van der Waals surface area contributed by atoms with Crippen LogP contribution < -0.4 is 0 Å². The van der Waals surface area contributed by atoms with Gasteiger partial charge in [0.05, 0.1) is 5.69 Å². The smallest absolute Gasteiger partial charge is 0.248 e. The number of hydrogen-bond donors (Lipinski definition) is 0. The van der Waals surface area contributed by atoms with E-state index >= 15 is 0 Å². The van der Waals surface area contributed by atoms with Crippen LogP contribution >= 0.6 is 0 Å². The van der Waals surface area contributed by atoms with Gasteiger partial charge in [-0.15, -0.1) is 0 Å². The van der Waals surface area contributed by atoms with Gasteiger partial charge in [-0.3, -0.25) is 4.68 Å². The van der Waals surface area contributed by atoms with Gasteiger partial charge in [-0.1, -0.05) is 19.0 Å². The Hall–Kier alpha value is -1.65. The van der Waals surface area contributed by atoms with E-state index < -0.39 is 0 Å². The molecule has 0 aliphatic rings. The first-order valence-corrected chi connectivity index (χ1v) is 5.57. The molecule has 2 heterocycles. The standard InChI is InChI=1S/C11H16N4O/c1-4-9-6-10(5-2)15(13-9)7-11-12-8(3)14-16-11/h6H,4-5,7H2,1-3H3. The predicted molar refractivity (Wildman–Crippen MR) is 59.1 cm³/mol. The van der Waals surface area contributed by atoms with E-state index in [1.165, 1.54) is 5.69 Å². The average Bonchev–Trinajstić information content (AvgIpc) is 2.85. The van der Waals surface area contributed by atoms with Crippen LogP contribution in [-0.4, -0.2) is 19.9 Å². The SMILES string of the molecule is CCc1cc(CC)n(Cc2nc(C)no2)n1. The Labute approximate surface area is 94.5 Å². The Balaban J connectivity index is 2.22. The second kappa shape index (κ2) is 4.47.